The summed E-state index contributed by atoms with van der Waals surface area (Å²) in [4.78, 5) is 4.63. The van der Waals surface area contributed by atoms with Gasteiger partial charge in [-0.1, -0.05) is 12.1 Å². The average molecular weight is 286 g/mol. The molecule has 2 aliphatic rings. The van der Waals surface area contributed by atoms with Crippen LogP contribution in [0.3, 0.4) is 0 Å². The second-order valence-electron chi connectivity index (χ2n) is 6.18. The summed E-state index contributed by atoms with van der Waals surface area (Å²) in [6.45, 7) is 3.66. The number of nitrogens with zero attached hydrogens (tertiary/aromatic N) is 3. The molecule has 0 spiro atoms. The Hall–Kier alpha value is -1.61. The fourth-order valence-electron chi connectivity index (χ4n) is 3.41. The zero-order valence-electron chi connectivity index (χ0n) is 12.2. The van der Waals surface area contributed by atoms with Crippen molar-refractivity contribution in [2.24, 2.45) is 5.73 Å². The fraction of sp³-hybridized carbons (Fsp3) is 0.562. The molecule has 1 aromatic rings. The Bertz CT molecular complexity index is 539. The molecule has 2 saturated heterocycles. The maximum absolute atomic E-state index is 10.0. The first-order valence-corrected chi connectivity index (χ1v) is 7.56. The lowest BCUT2D eigenvalue weighted by Gasteiger charge is -2.51. The Morgan fingerprint density at radius 3 is 2.57 bits per heavy atom. The molecular weight excluding hydrogens is 264 g/mol. The molecule has 0 atom stereocenters. The average Bonchev–Trinajstić information content (AvgIpc) is 2.52. The van der Waals surface area contributed by atoms with Gasteiger partial charge in [-0.3, -0.25) is 4.90 Å². The topological polar surface area (TPSA) is 76.5 Å². The standard InChI is InChI=1S/C16H22N4O/c17-9-13-3-1-2-4-15(13)19-7-5-14(6-8-19)20-11-16(21,10-18)12-20/h1-4,14,21H,5-8,10-12,18H2. The third-order valence-corrected chi connectivity index (χ3v) is 4.72. The molecule has 0 aliphatic carbocycles. The number of piperidine rings is 1. The van der Waals surface area contributed by atoms with Crippen molar-refractivity contribution >= 4 is 5.69 Å². The van der Waals surface area contributed by atoms with Crippen LogP contribution in [0.2, 0.25) is 0 Å². The molecule has 0 amide bonds. The van der Waals surface area contributed by atoms with E-state index in [1.807, 2.05) is 24.3 Å². The number of hydrogen-bond acceptors (Lipinski definition) is 5. The molecule has 3 rings (SSSR count). The summed E-state index contributed by atoms with van der Waals surface area (Å²) in [5, 5.41) is 19.2. The Balaban J connectivity index is 1.58. The van der Waals surface area contributed by atoms with Gasteiger partial charge < -0.3 is 15.7 Å². The van der Waals surface area contributed by atoms with Gasteiger partial charge in [-0.25, -0.2) is 0 Å². The van der Waals surface area contributed by atoms with Crippen LogP contribution in [0, 0.1) is 11.3 Å². The van der Waals surface area contributed by atoms with Gasteiger partial charge in [0.2, 0.25) is 0 Å². The monoisotopic (exact) mass is 286 g/mol. The van der Waals surface area contributed by atoms with Crippen LogP contribution in [0.5, 0.6) is 0 Å². The predicted octanol–water partition coefficient (Wildman–Crippen LogP) is 0.532. The molecule has 0 saturated carbocycles. The number of β-amino-alcohol motifs (C(OH)–C–C–N with tert-alkyl or cyclic N) is 1. The second-order valence-corrected chi connectivity index (χ2v) is 6.18. The molecule has 0 bridgehead atoms. The molecule has 5 heteroatoms. The predicted molar refractivity (Wildman–Crippen MR) is 82.0 cm³/mol. The summed E-state index contributed by atoms with van der Waals surface area (Å²) < 4.78 is 0. The van der Waals surface area contributed by atoms with E-state index >= 15 is 0 Å². The van der Waals surface area contributed by atoms with Crippen molar-refractivity contribution in [2.45, 2.75) is 24.5 Å². The van der Waals surface area contributed by atoms with Crippen molar-refractivity contribution < 1.29 is 5.11 Å². The maximum atomic E-state index is 10.0. The fourth-order valence-corrected chi connectivity index (χ4v) is 3.41. The molecular formula is C16H22N4O. The second kappa shape index (κ2) is 5.64. The van der Waals surface area contributed by atoms with Gasteiger partial charge in [0.15, 0.2) is 0 Å². The molecule has 112 valence electrons. The lowest BCUT2D eigenvalue weighted by molar-refractivity contribution is -0.111. The van der Waals surface area contributed by atoms with Gasteiger partial charge in [-0.15, -0.1) is 0 Å². The van der Waals surface area contributed by atoms with Gasteiger partial charge in [0.1, 0.15) is 11.7 Å². The quantitative estimate of drug-likeness (QED) is 0.848. The van der Waals surface area contributed by atoms with E-state index in [0.717, 1.165) is 37.2 Å². The first kappa shape index (κ1) is 14.3. The number of para-hydroxylation sites is 1. The zero-order chi connectivity index (χ0) is 14.9. The molecule has 5 nitrogen and oxygen atoms in total. The molecule has 3 N–H and O–H groups in total. The number of rotatable bonds is 3. The number of hydrogen-bond donors (Lipinski definition) is 2. The molecule has 0 unspecified atom stereocenters. The van der Waals surface area contributed by atoms with E-state index in [4.69, 9.17) is 5.73 Å². The Morgan fingerprint density at radius 2 is 1.95 bits per heavy atom. The molecule has 2 fully saturated rings. The van der Waals surface area contributed by atoms with E-state index in [2.05, 4.69) is 15.9 Å². The number of anilines is 1. The summed E-state index contributed by atoms with van der Waals surface area (Å²) >= 11 is 0. The van der Waals surface area contributed by atoms with E-state index in [0.29, 0.717) is 25.7 Å². The Morgan fingerprint density at radius 1 is 1.29 bits per heavy atom. The van der Waals surface area contributed by atoms with Gasteiger partial charge in [0.25, 0.3) is 0 Å². The summed E-state index contributed by atoms with van der Waals surface area (Å²) in [5.41, 5.74) is 6.70. The van der Waals surface area contributed by atoms with Crippen LogP contribution in [-0.2, 0) is 0 Å². The Labute approximate surface area is 125 Å². The number of likely N-dealkylation sites (tertiary alicyclic amines) is 1. The minimum absolute atomic E-state index is 0.345. The van der Waals surface area contributed by atoms with Crippen LogP contribution in [-0.4, -0.2) is 54.4 Å². The number of nitrogens with two attached hydrogens (primary N) is 1. The molecule has 0 radical (unpaired) electrons. The van der Waals surface area contributed by atoms with Crippen molar-refractivity contribution in [3.05, 3.63) is 29.8 Å². The van der Waals surface area contributed by atoms with Crippen molar-refractivity contribution in [3.8, 4) is 6.07 Å². The molecule has 2 heterocycles. The lowest BCUT2D eigenvalue weighted by Crippen LogP contribution is -2.68. The first-order valence-electron chi connectivity index (χ1n) is 7.56. The van der Waals surface area contributed by atoms with E-state index in [9.17, 15) is 10.4 Å². The molecule has 21 heavy (non-hydrogen) atoms. The summed E-state index contributed by atoms with van der Waals surface area (Å²) in [7, 11) is 0. The van der Waals surface area contributed by atoms with Gasteiger partial charge in [-0.05, 0) is 25.0 Å². The zero-order valence-corrected chi connectivity index (χ0v) is 12.2. The largest absolute Gasteiger partial charge is 0.386 e. The van der Waals surface area contributed by atoms with Crippen molar-refractivity contribution in [2.75, 3.05) is 37.6 Å². The molecule has 2 aliphatic heterocycles. The summed E-state index contributed by atoms with van der Waals surface area (Å²) in [5.74, 6) is 0. The Kier molecular flexibility index (Phi) is 3.85. The van der Waals surface area contributed by atoms with Gasteiger partial charge >= 0.3 is 0 Å². The van der Waals surface area contributed by atoms with Crippen LogP contribution in [0.4, 0.5) is 5.69 Å². The van der Waals surface area contributed by atoms with Crippen LogP contribution in [0.1, 0.15) is 18.4 Å². The van der Waals surface area contributed by atoms with Gasteiger partial charge in [0, 0.05) is 38.8 Å². The van der Waals surface area contributed by atoms with E-state index < -0.39 is 5.60 Å². The number of nitriles is 1. The third kappa shape index (κ3) is 2.75. The van der Waals surface area contributed by atoms with Crippen LogP contribution in [0.15, 0.2) is 24.3 Å². The van der Waals surface area contributed by atoms with Gasteiger partial charge in [-0.2, -0.15) is 5.26 Å². The van der Waals surface area contributed by atoms with Crippen molar-refractivity contribution in [3.63, 3.8) is 0 Å². The molecule has 0 aromatic heterocycles. The minimum Gasteiger partial charge on any atom is -0.386 e. The van der Waals surface area contributed by atoms with E-state index in [1.165, 1.54) is 0 Å². The highest BCUT2D eigenvalue weighted by molar-refractivity contribution is 5.59. The smallest absolute Gasteiger partial charge is 0.102 e. The maximum Gasteiger partial charge on any atom is 0.102 e. The highest BCUT2D eigenvalue weighted by atomic mass is 16.3. The first-order chi connectivity index (χ1) is 10.1. The normalized spacial score (nSPS) is 22.6. The van der Waals surface area contributed by atoms with Crippen LogP contribution in [0.25, 0.3) is 0 Å². The van der Waals surface area contributed by atoms with Crippen LogP contribution >= 0.6 is 0 Å². The number of aliphatic hydroxyl groups is 1. The third-order valence-electron chi connectivity index (χ3n) is 4.72. The minimum atomic E-state index is -0.662. The summed E-state index contributed by atoms with van der Waals surface area (Å²) in [6.07, 6.45) is 2.14. The van der Waals surface area contributed by atoms with Crippen LogP contribution < -0.4 is 10.6 Å². The van der Waals surface area contributed by atoms with Gasteiger partial charge in [0.05, 0.1) is 11.3 Å². The van der Waals surface area contributed by atoms with Crippen molar-refractivity contribution in [1.82, 2.24) is 4.90 Å². The highest BCUT2D eigenvalue weighted by Gasteiger charge is 2.43. The van der Waals surface area contributed by atoms with E-state index in [-0.39, 0.29) is 0 Å². The number of benzene rings is 1. The highest BCUT2D eigenvalue weighted by Crippen LogP contribution is 2.30. The molecule has 1 aromatic carbocycles. The lowest BCUT2D eigenvalue weighted by atomic mass is 9.89. The SMILES string of the molecule is N#Cc1ccccc1N1CCC(N2CC(O)(CN)C2)CC1. The van der Waals surface area contributed by atoms with Crippen molar-refractivity contribution in [1.29, 1.82) is 5.26 Å². The van der Waals surface area contributed by atoms with E-state index in [1.54, 1.807) is 0 Å². The summed E-state index contributed by atoms with van der Waals surface area (Å²) in [6, 6.07) is 10.6.